The number of hydrogen-bond acceptors (Lipinski definition) is 3. The molecule has 1 saturated heterocycles. The van der Waals surface area contributed by atoms with Gasteiger partial charge in [-0.2, -0.15) is 0 Å². The smallest absolute Gasteiger partial charge is 0.252 e. The van der Waals surface area contributed by atoms with Crippen molar-refractivity contribution in [3.63, 3.8) is 0 Å². The summed E-state index contributed by atoms with van der Waals surface area (Å²) in [6.45, 7) is 4.45. The van der Waals surface area contributed by atoms with Gasteiger partial charge in [0, 0.05) is 5.56 Å². The maximum atomic E-state index is 12.9. The molecule has 1 saturated carbocycles. The summed E-state index contributed by atoms with van der Waals surface area (Å²) in [5.41, 5.74) is 2.57. The Morgan fingerprint density at radius 2 is 1.72 bits per heavy atom. The lowest BCUT2D eigenvalue weighted by Gasteiger charge is -2.21. The fraction of sp³-hybridized carbons (Fsp3) is 0.320. The van der Waals surface area contributed by atoms with Crippen LogP contribution in [0, 0.1) is 6.92 Å². The van der Waals surface area contributed by atoms with E-state index in [1.165, 1.54) is 35.8 Å². The molecule has 2 fully saturated rings. The van der Waals surface area contributed by atoms with E-state index in [1.807, 2.05) is 31.2 Å². The first-order chi connectivity index (χ1) is 14.1. The second kappa shape index (κ2) is 8.26. The summed E-state index contributed by atoms with van der Waals surface area (Å²) >= 11 is 0. The molecule has 3 aromatic carbocycles. The molecule has 0 unspecified atom stereocenters. The highest BCUT2D eigenvalue weighted by Crippen LogP contribution is 2.48. The number of fused-ring (bicyclic) bond motifs is 1. The van der Waals surface area contributed by atoms with Gasteiger partial charge in [0.05, 0.1) is 12.6 Å². The van der Waals surface area contributed by atoms with Gasteiger partial charge < -0.3 is 15.4 Å². The molecule has 2 aliphatic rings. The molecule has 0 aromatic heterocycles. The fourth-order valence-electron chi connectivity index (χ4n) is 3.66. The van der Waals surface area contributed by atoms with Crippen LogP contribution in [-0.4, -0.2) is 26.1 Å². The fourth-order valence-corrected chi connectivity index (χ4v) is 3.66. The van der Waals surface area contributed by atoms with Crippen molar-refractivity contribution in [2.75, 3.05) is 20.2 Å². The third kappa shape index (κ3) is 4.13. The molecule has 5 rings (SSSR count). The summed E-state index contributed by atoms with van der Waals surface area (Å²) in [6.07, 6.45) is 3.32. The van der Waals surface area contributed by atoms with Gasteiger partial charge in [0.15, 0.2) is 0 Å². The number of carbonyl (C=O) groups is 1. The minimum atomic E-state index is -0.256. The zero-order valence-electron chi connectivity index (χ0n) is 17.1. The van der Waals surface area contributed by atoms with Crippen molar-refractivity contribution in [2.24, 2.45) is 0 Å². The molecule has 0 spiro atoms. The lowest BCUT2D eigenvalue weighted by Crippen LogP contribution is -2.35. The second-order valence-electron chi connectivity index (χ2n) is 7.85. The lowest BCUT2D eigenvalue weighted by atomic mass is 9.96. The van der Waals surface area contributed by atoms with Gasteiger partial charge in [0.1, 0.15) is 5.75 Å². The predicted molar refractivity (Wildman–Crippen MR) is 118 cm³/mol. The van der Waals surface area contributed by atoms with E-state index in [9.17, 15) is 4.79 Å². The Morgan fingerprint density at radius 3 is 2.38 bits per heavy atom. The molecule has 1 aliphatic carbocycles. The number of benzene rings is 3. The van der Waals surface area contributed by atoms with Gasteiger partial charge in [-0.05, 0) is 73.3 Å². The van der Waals surface area contributed by atoms with E-state index in [0.29, 0.717) is 11.3 Å². The Balaban J connectivity index is 0.000000458. The molecule has 29 heavy (non-hydrogen) atoms. The third-order valence-corrected chi connectivity index (χ3v) is 5.80. The zero-order valence-corrected chi connectivity index (χ0v) is 17.1. The summed E-state index contributed by atoms with van der Waals surface area (Å²) in [5, 5.41) is 8.82. The monoisotopic (exact) mass is 388 g/mol. The molecule has 0 atom stereocenters. The molecule has 0 bridgehead atoms. The number of methoxy groups -OCH3 is 1. The molecule has 2 N–H and O–H groups in total. The highest BCUT2D eigenvalue weighted by molar-refractivity contribution is 5.97. The molecule has 1 heterocycles. The van der Waals surface area contributed by atoms with Gasteiger partial charge in [0.2, 0.25) is 0 Å². The SMILES string of the molecule is C1CNC1.COc1ccc(C)c(C(=O)NC2(c3cccc4ccccc34)CC2)c1. The molecular weight excluding hydrogens is 360 g/mol. The zero-order chi connectivity index (χ0) is 20.3. The number of nitrogens with one attached hydrogen (secondary N) is 2. The Hall–Kier alpha value is -2.85. The van der Waals surface area contributed by atoms with Crippen molar-refractivity contribution < 1.29 is 9.53 Å². The molecule has 4 nitrogen and oxygen atoms in total. The van der Waals surface area contributed by atoms with Gasteiger partial charge in [0.25, 0.3) is 5.91 Å². The number of ether oxygens (including phenoxy) is 1. The molecule has 150 valence electrons. The van der Waals surface area contributed by atoms with E-state index in [2.05, 4.69) is 47.0 Å². The van der Waals surface area contributed by atoms with Crippen LogP contribution in [0.1, 0.15) is 40.7 Å². The predicted octanol–water partition coefficient (Wildman–Crippen LogP) is 4.56. The van der Waals surface area contributed by atoms with Crippen LogP contribution in [-0.2, 0) is 5.54 Å². The second-order valence-corrected chi connectivity index (χ2v) is 7.85. The van der Waals surface area contributed by atoms with Crippen molar-refractivity contribution in [1.29, 1.82) is 0 Å². The van der Waals surface area contributed by atoms with Crippen LogP contribution in [0.25, 0.3) is 10.8 Å². The van der Waals surface area contributed by atoms with E-state index < -0.39 is 0 Å². The van der Waals surface area contributed by atoms with Gasteiger partial charge in [-0.3, -0.25) is 4.79 Å². The minimum Gasteiger partial charge on any atom is -0.497 e. The largest absolute Gasteiger partial charge is 0.497 e. The number of rotatable bonds is 4. The average molecular weight is 389 g/mol. The van der Waals surface area contributed by atoms with Crippen molar-refractivity contribution in [3.05, 3.63) is 77.4 Å². The number of aryl methyl sites for hydroxylation is 1. The third-order valence-electron chi connectivity index (χ3n) is 5.80. The summed E-state index contributed by atoms with van der Waals surface area (Å²) < 4.78 is 5.27. The summed E-state index contributed by atoms with van der Waals surface area (Å²) in [7, 11) is 1.62. The molecule has 1 aliphatic heterocycles. The first-order valence-corrected chi connectivity index (χ1v) is 10.3. The Bertz CT molecular complexity index is 1010. The summed E-state index contributed by atoms with van der Waals surface area (Å²) in [4.78, 5) is 12.9. The molecular formula is C25H28N2O2. The Morgan fingerprint density at radius 1 is 1.03 bits per heavy atom. The van der Waals surface area contributed by atoms with E-state index in [1.54, 1.807) is 7.11 Å². The summed E-state index contributed by atoms with van der Waals surface area (Å²) in [6, 6.07) is 20.3. The maximum absolute atomic E-state index is 12.9. The Labute approximate surface area is 172 Å². The van der Waals surface area contributed by atoms with Crippen molar-refractivity contribution in [3.8, 4) is 5.75 Å². The van der Waals surface area contributed by atoms with Crippen LogP contribution < -0.4 is 15.4 Å². The van der Waals surface area contributed by atoms with Crippen LogP contribution in [0.5, 0.6) is 5.75 Å². The van der Waals surface area contributed by atoms with E-state index >= 15 is 0 Å². The van der Waals surface area contributed by atoms with Crippen LogP contribution >= 0.6 is 0 Å². The lowest BCUT2D eigenvalue weighted by molar-refractivity contribution is 0.0930. The normalized spacial score (nSPS) is 16.2. The van der Waals surface area contributed by atoms with E-state index in [0.717, 1.165) is 18.4 Å². The number of carbonyl (C=O) groups excluding carboxylic acids is 1. The highest BCUT2D eigenvalue weighted by Gasteiger charge is 2.46. The Kier molecular flexibility index (Phi) is 5.54. The van der Waals surface area contributed by atoms with Gasteiger partial charge >= 0.3 is 0 Å². The maximum Gasteiger partial charge on any atom is 0.252 e. The molecule has 4 heteroatoms. The van der Waals surface area contributed by atoms with Gasteiger partial charge in [-0.25, -0.2) is 0 Å². The van der Waals surface area contributed by atoms with Gasteiger partial charge in [-0.1, -0.05) is 48.5 Å². The molecule has 1 amide bonds. The van der Waals surface area contributed by atoms with E-state index in [4.69, 9.17) is 4.74 Å². The highest BCUT2D eigenvalue weighted by atomic mass is 16.5. The van der Waals surface area contributed by atoms with Crippen LogP contribution in [0.4, 0.5) is 0 Å². The van der Waals surface area contributed by atoms with Crippen LogP contribution in [0.3, 0.4) is 0 Å². The van der Waals surface area contributed by atoms with Gasteiger partial charge in [-0.15, -0.1) is 0 Å². The first kappa shape index (κ1) is 19.5. The van der Waals surface area contributed by atoms with Crippen molar-refractivity contribution in [2.45, 2.75) is 31.7 Å². The number of amides is 1. The first-order valence-electron chi connectivity index (χ1n) is 10.3. The van der Waals surface area contributed by atoms with Crippen molar-refractivity contribution in [1.82, 2.24) is 10.6 Å². The van der Waals surface area contributed by atoms with Crippen LogP contribution in [0.2, 0.25) is 0 Å². The molecule has 0 radical (unpaired) electrons. The van der Waals surface area contributed by atoms with Crippen molar-refractivity contribution >= 4 is 16.7 Å². The minimum absolute atomic E-state index is 0.0400. The summed E-state index contributed by atoms with van der Waals surface area (Å²) in [5.74, 6) is 0.660. The van der Waals surface area contributed by atoms with E-state index in [-0.39, 0.29) is 11.4 Å². The standard InChI is InChI=1S/C22H21NO2.C3H7N/c1-15-10-11-17(25-2)14-19(15)21(24)23-22(12-13-22)20-9-5-7-16-6-3-4-8-18(16)20;1-2-4-3-1/h3-11,14H,12-13H2,1-2H3,(H,23,24);4H,1-3H2. The van der Waals surface area contributed by atoms with Crippen LogP contribution in [0.15, 0.2) is 60.7 Å². The quantitative estimate of drug-likeness (QED) is 0.689. The average Bonchev–Trinajstić information content (AvgIpc) is 3.47. The molecule has 3 aromatic rings. The topological polar surface area (TPSA) is 50.4 Å². The number of hydrogen-bond donors (Lipinski definition) is 2.